The minimum atomic E-state index is 0.936. The number of nitrogens with zero attached hydrogens (tertiary/aromatic N) is 2. The molecule has 0 unspecified atom stereocenters. The minimum Gasteiger partial charge on any atom is -0.318 e. The second-order valence-corrected chi connectivity index (χ2v) is 4.87. The lowest BCUT2D eigenvalue weighted by atomic mass is 10.1. The third-order valence-electron chi connectivity index (χ3n) is 2.70. The summed E-state index contributed by atoms with van der Waals surface area (Å²) < 4.78 is 0. The lowest BCUT2D eigenvalue weighted by Gasteiger charge is -2.16. The van der Waals surface area contributed by atoms with E-state index in [-0.39, 0.29) is 0 Å². The molecule has 0 saturated heterocycles. The molecule has 0 spiro atoms. The van der Waals surface area contributed by atoms with Gasteiger partial charge in [-0.25, -0.2) is 0 Å². The van der Waals surface area contributed by atoms with Crippen molar-refractivity contribution in [2.24, 2.45) is 4.99 Å². The summed E-state index contributed by atoms with van der Waals surface area (Å²) in [5, 5.41) is 1.17. The molecule has 0 amide bonds. The number of thioether (sulfide) groups is 1. The first-order valence-corrected chi connectivity index (χ1v) is 5.94. The summed E-state index contributed by atoms with van der Waals surface area (Å²) in [6.45, 7) is 4.14. The van der Waals surface area contributed by atoms with Gasteiger partial charge in [-0.15, -0.1) is 0 Å². The molecule has 2 aliphatic rings. The number of hydrogen-bond donors (Lipinski definition) is 0. The summed E-state index contributed by atoms with van der Waals surface area (Å²) in [5.74, 6) is 0. The summed E-state index contributed by atoms with van der Waals surface area (Å²) in [5.41, 5.74) is 2.64. The standard InChI is InChI=1S/C12H12N2S/c1-9-11(10-5-3-2-4-6-10)14-8-7-13-12(14)15-9/h2-6H,7-8H2,1H3. The van der Waals surface area contributed by atoms with Crippen LogP contribution >= 0.6 is 11.8 Å². The number of rotatable bonds is 1. The summed E-state index contributed by atoms with van der Waals surface area (Å²) in [7, 11) is 0. The number of hydrogen-bond acceptors (Lipinski definition) is 3. The Hall–Kier alpha value is -1.22. The van der Waals surface area contributed by atoms with Gasteiger partial charge in [0, 0.05) is 11.4 Å². The van der Waals surface area contributed by atoms with Crippen LogP contribution in [0.5, 0.6) is 0 Å². The molecule has 0 atom stereocenters. The SMILES string of the molecule is CC1=C(c2ccccc2)N2CCN=C2S1. The maximum atomic E-state index is 4.49. The molecule has 1 aromatic carbocycles. The Morgan fingerprint density at radius 1 is 1.27 bits per heavy atom. The van der Waals surface area contributed by atoms with E-state index in [1.54, 1.807) is 11.8 Å². The Balaban J connectivity index is 2.06. The van der Waals surface area contributed by atoms with E-state index in [1.165, 1.54) is 21.3 Å². The molecular weight excluding hydrogens is 204 g/mol. The molecule has 0 N–H and O–H groups in total. The summed E-state index contributed by atoms with van der Waals surface area (Å²) in [6.07, 6.45) is 0. The maximum Gasteiger partial charge on any atom is 0.168 e. The molecule has 15 heavy (non-hydrogen) atoms. The fourth-order valence-corrected chi connectivity index (χ4v) is 3.10. The third-order valence-corrected chi connectivity index (χ3v) is 3.73. The van der Waals surface area contributed by atoms with E-state index in [2.05, 4.69) is 47.1 Å². The summed E-state index contributed by atoms with van der Waals surface area (Å²) in [4.78, 5) is 8.18. The Kier molecular flexibility index (Phi) is 2.06. The molecule has 0 saturated carbocycles. The van der Waals surface area contributed by atoms with Crippen LogP contribution in [0.3, 0.4) is 0 Å². The van der Waals surface area contributed by atoms with E-state index >= 15 is 0 Å². The van der Waals surface area contributed by atoms with Crippen molar-refractivity contribution in [2.45, 2.75) is 6.92 Å². The normalized spacial score (nSPS) is 19.5. The largest absolute Gasteiger partial charge is 0.318 e. The van der Waals surface area contributed by atoms with E-state index in [0.29, 0.717) is 0 Å². The fraction of sp³-hybridized carbons (Fsp3) is 0.250. The van der Waals surface area contributed by atoms with Gasteiger partial charge in [-0.05, 0) is 12.5 Å². The van der Waals surface area contributed by atoms with Gasteiger partial charge in [0.2, 0.25) is 0 Å². The van der Waals surface area contributed by atoms with E-state index < -0.39 is 0 Å². The Morgan fingerprint density at radius 2 is 2.07 bits per heavy atom. The molecule has 0 bridgehead atoms. The van der Waals surface area contributed by atoms with Crippen LogP contribution in [-0.4, -0.2) is 23.2 Å². The first-order chi connectivity index (χ1) is 7.36. The van der Waals surface area contributed by atoms with Crippen LogP contribution in [0.25, 0.3) is 5.70 Å². The number of aliphatic imine (C=N–C) groups is 1. The van der Waals surface area contributed by atoms with Gasteiger partial charge in [-0.2, -0.15) is 0 Å². The van der Waals surface area contributed by atoms with Gasteiger partial charge in [-0.1, -0.05) is 42.1 Å². The second kappa shape index (κ2) is 3.42. The van der Waals surface area contributed by atoms with Crippen LogP contribution < -0.4 is 0 Å². The number of benzene rings is 1. The van der Waals surface area contributed by atoms with Gasteiger partial charge in [0.05, 0.1) is 12.2 Å². The van der Waals surface area contributed by atoms with Crippen molar-refractivity contribution in [1.29, 1.82) is 0 Å². The highest BCUT2D eigenvalue weighted by molar-refractivity contribution is 8.17. The third kappa shape index (κ3) is 1.38. The lowest BCUT2D eigenvalue weighted by molar-refractivity contribution is 0.648. The molecule has 2 heterocycles. The zero-order valence-electron chi connectivity index (χ0n) is 8.60. The fourth-order valence-electron chi connectivity index (χ4n) is 2.05. The minimum absolute atomic E-state index is 0.936. The van der Waals surface area contributed by atoms with Gasteiger partial charge >= 0.3 is 0 Å². The Labute approximate surface area is 93.7 Å². The van der Waals surface area contributed by atoms with Gasteiger partial charge in [0.15, 0.2) is 5.17 Å². The first kappa shape index (κ1) is 9.04. The average Bonchev–Trinajstić information content (AvgIpc) is 2.78. The molecule has 76 valence electrons. The molecule has 3 heteroatoms. The molecular formula is C12H12N2S. The number of allylic oxidation sites excluding steroid dienone is 1. The van der Waals surface area contributed by atoms with Gasteiger partial charge in [0.25, 0.3) is 0 Å². The van der Waals surface area contributed by atoms with Gasteiger partial charge in [0.1, 0.15) is 0 Å². The van der Waals surface area contributed by atoms with Crippen LogP contribution in [0.4, 0.5) is 0 Å². The van der Waals surface area contributed by atoms with Gasteiger partial charge < -0.3 is 4.90 Å². The lowest BCUT2D eigenvalue weighted by Crippen LogP contribution is -2.19. The zero-order chi connectivity index (χ0) is 10.3. The summed E-state index contributed by atoms with van der Waals surface area (Å²) >= 11 is 1.79. The predicted octanol–water partition coefficient (Wildman–Crippen LogP) is 2.79. The number of amidine groups is 1. The molecule has 2 aliphatic heterocycles. The molecule has 0 radical (unpaired) electrons. The van der Waals surface area contributed by atoms with Crippen LogP contribution in [0.1, 0.15) is 12.5 Å². The van der Waals surface area contributed by atoms with E-state index in [1.807, 2.05) is 0 Å². The van der Waals surface area contributed by atoms with Crippen molar-refractivity contribution in [2.75, 3.05) is 13.1 Å². The van der Waals surface area contributed by atoms with E-state index in [9.17, 15) is 0 Å². The maximum absolute atomic E-state index is 4.49. The summed E-state index contributed by atoms with van der Waals surface area (Å²) in [6, 6.07) is 10.6. The van der Waals surface area contributed by atoms with Crippen LogP contribution in [0.2, 0.25) is 0 Å². The predicted molar refractivity (Wildman–Crippen MR) is 65.6 cm³/mol. The molecule has 0 fully saturated rings. The van der Waals surface area contributed by atoms with Crippen molar-refractivity contribution < 1.29 is 0 Å². The second-order valence-electron chi connectivity index (χ2n) is 3.69. The van der Waals surface area contributed by atoms with Crippen LogP contribution in [0.15, 0.2) is 40.2 Å². The van der Waals surface area contributed by atoms with Crippen molar-refractivity contribution >= 4 is 22.6 Å². The van der Waals surface area contributed by atoms with E-state index in [0.717, 1.165) is 13.1 Å². The highest BCUT2D eigenvalue weighted by atomic mass is 32.2. The molecule has 0 aliphatic carbocycles. The smallest absolute Gasteiger partial charge is 0.168 e. The zero-order valence-corrected chi connectivity index (χ0v) is 9.42. The highest BCUT2D eigenvalue weighted by Gasteiger charge is 2.30. The topological polar surface area (TPSA) is 15.6 Å². The average molecular weight is 216 g/mol. The Morgan fingerprint density at radius 3 is 2.87 bits per heavy atom. The van der Waals surface area contributed by atoms with Crippen LogP contribution in [0, 0.1) is 0 Å². The monoisotopic (exact) mass is 216 g/mol. The van der Waals surface area contributed by atoms with Gasteiger partial charge in [-0.3, -0.25) is 4.99 Å². The van der Waals surface area contributed by atoms with E-state index in [4.69, 9.17) is 0 Å². The molecule has 3 rings (SSSR count). The van der Waals surface area contributed by atoms with Crippen molar-refractivity contribution in [3.63, 3.8) is 0 Å². The highest BCUT2D eigenvalue weighted by Crippen LogP contribution is 2.40. The number of fused-ring (bicyclic) bond motifs is 1. The molecule has 1 aromatic rings. The van der Waals surface area contributed by atoms with Crippen molar-refractivity contribution in [3.8, 4) is 0 Å². The molecule has 0 aromatic heterocycles. The van der Waals surface area contributed by atoms with Crippen LogP contribution in [-0.2, 0) is 0 Å². The molecule has 2 nitrogen and oxygen atoms in total. The quantitative estimate of drug-likeness (QED) is 0.717. The van der Waals surface area contributed by atoms with Crippen molar-refractivity contribution in [3.05, 3.63) is 40.8 Å². The Bertz CT molecular complexity index is 448. The van der Waals surface area contributed by atoms with Crippen molar-refractivity contribution in [1.82, 2.24) is 4.90 Å². The first-order valence-electron chi connectivity index (χ1n) is 5.12.